The average Bonchev–Trinajstić information content (AvgIpc) is 3.46. The van der Waals surface area contributed by atoms with Gasteiger partial charge in [-0.25, -0.2) is 0 Å². The molecule has 0 aliphatic carbocycles. The molecule has 30 heavy (non-hydrogen) atoms. The molecule has 0 radical (unpaired) electrons. The average molecular weight is 451 g/mol. The van der Waals surface area contributed by atoms with Gasteiger partial charge in [0, 0.05) is 24.6 Å². The highest BCUT2D eigenvalue weighted by atomic mass is 32.2. The van der Waals surface area contributed by atoms with Gasteiger partial charge in [0.15, 0.2) is 11.5 Å². The summed E-state index contributed by atoms with van der Waals surface area (Å²) >= 11 is 3.76. The molecule has 2 aliphatic rings. The van der Waals surface area contributed by atoms with Crippen LogP contribution in [0, 0.1) is 13.8 Å². The van der Waals surface area contributed by atoms with E-state index in [1.165, 1.54) is 25.5 Å². The van der Waals surface area contributed by atoms with E-state index in [0.717, 1.165) is 35.5 Å². The van der Waals surface area contributed by atoms with E-state index in [2.05, 4.69) is 22.8 Å². The molecule has 0 amide bonds. The highest BCUT2D eigenvalue weighted by molar-refractivity contribution is 8.00. The van der Waals surface area contributed by atoms with E-state index in [0.29, 0.717) is 22.6 Å². The van der Waals surface area contributed by atoms with Gasteiger partial charge in [0.25, 0.3) is 0 Å². The number of aryl methyl sites for hydroxylation is 2. The van der Waals surface area contributed by atoms with Crippen molar-refractivity contribution < 1.29 is 19.7 Å². The van der Waals surface area contributed by atoms with Crippen LogP contribution in [0.25, 0.3) is 0 Å². The number of nitrogens with one attached hydrogen (secondary N) is 2. The van der Waals surface area contributed by atoms with Crippen molar-refractivity contribution in [3.05, 3.63) is 46.5 Å². The Kier molecular flexibility index (Phi) is 8.05. The van der Waals surface area contributed by atoms with E-state index in [4.69, 9.17) is 9.47 Å². The maximum absolute atomic E-state index is 9.78. The fourth-order valence-corrected chi connectivity index (χ4v) is 5.56. The van der Waals surface area contributed by atoms with Crippen LogP contribution in [0.15, 0.2) is 24.3 Å². The molecule has 2 aromatic carbocycles. The first-order valence-corrected chi connectivity index (χ1v) is 12.0. The van der Waals surface area contributed by atoms with Crippen LogP contribution in [0.4, 0.5) is 0 Å². The second-order valence-electron chi connectivity index (χ2n) is 7.19. The van der Waals surface area contributed by atoms with Gasteiger partial charge in [-0.05, 0) is 60.4 Å². The highest BCUT2D eigenvalue weighted by Gasteiger charge is 2.21. The van der Waals surface area contributed by atoms with Gasteiger partial charge in [-0.1, -0.05) is 0 Å². The largest absolute Gasteiger partial charge is 0.507 e. The second kappa shape index (κ2) is 10.5. The zero-order chi connectivity index (χ0) is 21.7. The molecule has 4 rings (SSSR count). The zero-order valence-electron chi connectivity index (χ0n) is 17.8. The minimum absolute atomic E-state index is 0.0525. The van der Waals surface area contributed by atoms with Crippen molar-refractivity contribution in [3.63, 3.8) is 0 Å². The van der Waals surface area contributed by atoms with E-state index in [1.807, 2.05) is 49.5 Å². The van der Waals surface area contributed by atoms with Crippen LogP contribution in [0.2, 0.25) is 0 Å². The van der Waals surface area contributed by atoms with Crippen molar-refractivity contribution in [2.24, 2.45) is 0 Å². The number of aromatic hydroxyl groups is 2. The molecule has 0 aromatic heterocycles. The molecule has 8 heteroatoms. The van der Waals surface area contributed by atoms with Gasteiger partial charge < -0.3 is 30.3 Å². The molecule has 0 saturated carbocycles. The van der Waals surface area contributed by atoms with Crippen molar-refractivity contribution in [2.75, 3.05) is 38.8 Å². The fraction of sp³-hybridized carbons (Fsp3) is 0.455. The lowest BCUT2D eigenvalue weighted by Crippen LogP contribution is -2.12. The summed E-state index contributed by atoms with van der Waals surface area (Å²) in [6, 6.07) is 7.82. The van der Waals surface area contributed by atoms with Crippen LogP contribution >= 0.6 is 23.5 Å². The summed E-state index contributed by atoms with van der Waals surface area (Å²) in [6.45, 7) is 5.98. The Balaban J connectivity index is 0.000000172. The molecule has 2 aromatic rings. The van der Waals surface area contributed by atoms with E-state index in [-0.39, 0.29) is 11.1 Å². The van der Waals surface area contributed by atoms with Crippen LogP contribution in [-0.4, -0.2) is 49.0 Å². The van der Waals surface area contributed by atoms with Crippen LogP contribution in [-0.2, 0) is 0 Å². The SMILES string of the molecule is COc1cc(C2NCCS2)cc(OC)c1O.Cc1cc(C2NCCS2)cc(C)c1O. The van der Waals surface area contributed by atoms with Gasteiger partial charge in [-0.15, -0.1) is 23.5 Å². The maximum atomic E-state index is 9.78. The van der Waals surface area contributed by atoms with Crippen LogP contribution < -0.4 is 20.1 Å². The zero-order valence-corrected chi connectivity index (χ0v) is 19.5. The molecular weight excluding hydrogens is 420 g/mol. The lowest BCUT2D eigenvalue weighted by molar-refractivity contribution is 0.339. The Morgan fingerprint density at radius 1 is 0.767 bits per heavy atom. The Labute approximate surface area is 186 Å². The third-order valence-electron chi connectivity index (χ3n) is 5.05. The number of hydrogen-bond acceptors (Lipinski definition) is 8. The normalized spacial score (nSPS) is 20.5. The van der Waals surface area contributed by atoms with Crippen molar-refractivity contribution in [3.8, 4) is 23.0 Å². The van der Waals surface area contributed by atoms with E-state index in [1.54, 1.807) is 0 Å². The predicted octanol–water partition coefficient (Wildman–Crippen LogP) is 4.09. The number of thioether (sulfide) groups is 2. The Hall–Kier alpha value is -1.74. The van der Waals surface area contributed by atoms with Gasteiger partial charge in [0.05, 0.1) is 25.0 Å². The number of phenols is 2. The molecule has 2 saturated heterocycles. The van der Waals surface area contributed by atoms with E-state index in [9.17, 15) is 10.2 Å². The summed E-state index contributed by atoms with van der Waals surface area (Å²) < 4.78 is 10.2. The van der Waals surface area contributed by atoms with Crippen LogP contribution in [0.5, 0.6) is 23.0 Å². The quantitative estimate of drug-likeness (QED) is 0.555. The summed E-state index contributed by atoms with van der Waals surface area (Å²) in [7, 11) is 3.07. The Bertz CT molecular complexity index is 818. The topological polar surface area (TPSA) is 83.0 Å². The predicted molar refractivity (Wildman–Crippen MR) is 125 cm³/mol. The number of phenolic OH excluding ortho intramolecular Hbond substituents is 2. The summed E-state index contributed by atoms with van der Waals surface area (Å²) in [5.41, 5.74) is 4.28. The number of ether oxygens (including phenoxy) is 2. The lowest BCUT2D eigenvalue weighted by Gasteiger charge is -2.14. The van der Waals surface area contributed by atoms with E-state index >= 15 is 0 Å². The smallest absolute Gasteiger partial charge is 0.200 e. The number of hydrogen-bond donors (Lipinski definition) is 4. The first-order chi connectivity index (χ1) is 14.4. The summed E-state index contributed by atoms with van der Waals surface area (Å²) in [4.78, 5) is 0. The molecule has 6 nitrogen and oxygen atoms in total. The standard InChI is InChI=1S/C11H15NO3S.C11H15NOS/c1-14-8-5-7(11-12-3-4-16-11)6-9(15-2)10(8)13;1-7-5-9(6-8(2)10(7)13)11-12-3-4-14-11/h5-6,11-13H,3-4H2,1-2H3;5-6,11-13H,3-4H2,1-2H3. The summed E-state index contributed by atoms with van der Waals surface area (Å²) in [5, 5.41) is 26.9. The molecule has 164 valence electrons. The fourth-order valence-electron chi connectivity index (χ4n) is 3.49. The highest BCUT2D eigenvalue weighted by Crippen LogP contribution is 2.41. The third kappa shape index (κ3) is 5.29. The van der Waals surface area contributed by atoms with Gasteiger partial charge in [-0.2, -0.15) is 0 Å². The minimum Gasteiger partial charge on any atom is -0.507 e. The molecule has 2 fully saturated rings. The van der Waals surface area contributed by atoms with Crippen molar-refractivity contribution >= 4 is 23.5 Å². The van der Waals surface area contributed by atoms with Crippen LogP contribution in [0.1, 0.15) is 33.0 Å². The molecule has 2 atom stereocenters. The molecule has 0 spiro atoms. The Morgan fingerprint density at radius 3 is 1.57 bits per heavy atom. The summed E-state index contributed by atoms with van der Waals surface area (Å²) in [6.07, 6.45) is 0. The summed E-state index contributed by atoms with van der Waals surface area (Å²) in [5.74, 6) is 3.64. The molecular formula is C22H30N2O4S2. The minimum atomic E-state index is 0.0525. The van der Waals surface area contributed by atoms with Gasteiger partial charge in [0.1, 0.15) is 5.75 Å². The second-order valence-corrected chi connectivity index (χ2v) is 9.61. The molecule has 2 heterocycles. The van der Waals surface area contributed by atoms with Gasteiger partial charge in [0.2, 0.25) is 5.75 Å². The monoisotopic (exact) mass is 450 g/mol. The maximum Gasteiger partial charge on any atom is 0.200 e. The number of benzene rings is 2. The first kappa shape index (κ1) is 22.9. The lowest BCUT2D eigenvalue weighted by atomic mass is 10.1. The van der Waals surface area contributed by atoms with Crippen LogP contribution in [0.3, 0.4) is 0 Å². The number of rotatable bonds is 4. The third-order valence-corrected chi connectivity index (χ3v) is 7.48. The van der Waals surface area contributed by atoms with Gasteiger partial charge >= 0.3 is 0 Å². The number of methoxy groups -OCH3 is 2. The Morgan fingerprint density at radius 2 is 1.20 bits per heavy atom. The molecule has 2 aliphatic heterocycles. The van der Waals surface area contributed by atoms with Gasteiger partial charge in [-0.3, -0.25) is 0 Å². The van der Waals surface area contributed by atoms with Crippen molar-refractivity contribution in [2.45, 2.75) is 24.6 Å². The molecule has 0 bridgehead atoms. The van der Waals surface area contributed by atoms with Crippen molar-refractivity contribution in [1.82, 2.24) is 10.6 Å². The molecule has 4 N–H and O–H groups in total. The van der Waals surface area contributed by atoms with E-state index < -0.39 is 0 Å². The first-order valence-electron chi connectivity index (χ1n) is 9.89. The molecule has 2 unspecified atom stereocenters. The van der Waals surface area contributed by atoms with Crippen molar-refractivity contribution in [1.29, 1.82) is 0 Å².